The molecular weight excluding hydrogens is 246 g/mol. The Bertz CT molecular complexity index is 702. The van der Waals surface area contributed by atoms with E-state index in [0.29, 0.717) is 6.54 Å². The van der Waals surface area contributed by atoms with Crippen molar-refractivity contribution in [3.05, 3.63) is 36.0 Å². The number of imide groups is 1. The number of aromatic amines is 1. The summed E-state index contributed by atoms with van der Waals surface area (Å²) in [5.74, 6) is -0.373. The van der Waals surface area contributed by atoms with Crippen molar-refractivity contribution in [1.82, 2.24) is 14.9 Å². The topological polar surface area (TPSA) is 75.3 Å². The minimum absolute atomic E-state index is 0.0385. The highest BCUT2D eigenvalue weighted by molar-refractivity contribution is 6.10. The lowest BCUT2D eigenvalue weighted by molar-refractivity contribution is -0.123. The number of hydrogen-bond donors (Lipinski definition) is 1. The van der Waals surface area contributed by atoms with E-state index in [0.717, 1.165) is 21.4 Å². The fourth-order valence-electron chi connectivity index (χ4n) is 2.02. The molecule has 1 N–H and O–H groups in total. The molecule has 2 aromatic heterocycles. The first-order valence-electron chi connectivity index (χ1n) is 5.87. The summed E-state index contributed by atoms with van der Waals surface area (Å²) in [5, 5.41) is 0.869. The summed E-state index contributed by atoms with van der Waals surface area (Å²) < 4.78 is 4.96. The number of hydrogen-bond acceptors (Lipinski definition) is 4. The van der Waals surface area contributed by atoms with Gasteiger partial charge in [0, 0.05) is 41.6 Å². The van der Waals surface area contributed by atoms with Crippen LogP contribution in [0, 0.1) is 0 Å². The van der Waals surface area contributed by atoms with Gasteiger partial charge in [-0.25, -0.2) is 9.69 Å². The minimum Gasteiger partial charge on any atom is -0.404 e. The summed E-state index contributed by atoms with van der Waals surface area (Å²) in [6.45, 7) is 2.02. The smallest absolute Gasteiger partial charge is 0.404 e. The van der Waals surface area contributed by atoms with E-state index in [9.17, 15) is 9.59 Å². The van der Waals surface area contributed by atoms with Gasteiger partial charge in [-0.2, -0.15) is 0 Å². The summed E-state index contributed by atoms with van der Waals surface area (Å²) in [7, 11) is 0. The van der Waals surface area contributed by atoms with Gasteiger partial charge < -0.3 is 9.72 Å². The van der Waals surface area contributed by atoms with Crippen LogP contribution in [0.3, 0.4) is 0 Å². The zero-order chi connectivity index (χ0) is 13.4. The number of nitrogens with zero attached hydrogens (tertiary/aromatic N) is 2. The first-order valence-corrected chi connectivity index (χ1v) is 5.87. The van der Waals surface area contributed by atoms with Gasteiger partial charge in [-0.15, -0.1) is 0 Å². The maximum Gasteiger partial charge on any atom is 0.422 e. The highest BCUT2D eigenvalue weighted by Gasteiger charge is 2.35. The van der Waals surface area contributed by atoms with E-state index >= 15 is 0 Å². The van der Waals surface area contributed by atoms with Gasteiger partial charge in [0.25, 0.3) is 5.91 Å². The third kappa shape index (κ3) is 1.77. The standard InChI is InChI=1S/C13H11N3O3/c1-2-16-12(17)11(19-13(16)18)5-8-6-15-10-3-4-14-7-9(8)10/h3-7,15H,2H2,1H3/b11-5-. The van der Waals surface area contributed by atoms with Crippen LogP contribution in [0.15, 0.2) is 30.4 Å². The van der Waals surface area contributed by atoms with E-state index in [-0.39, 0.29) is 5.76 Å². The Labute approximate surface area is 108 Å². The number of pyridine rings is 1. The number of carbonyl (C=O) groups excluding carboxylic acids is 2. The third-order valence-corrected chi connectivity index (χ3v) is 2.99. The van der Waals surface area contributed by atoms with E-state index < -0.39 is 12.0 Å². The van der Waals surface area contributed by atoms with Crippen LogP contribution in [0.2, 0.25) is 0 Å². The number of cyclic esters (lactones) is 1. The van der Waals surface area contributed by atoms with Crippen molar-refractivity contribution >= 4 is 29.0 Å². The fourth-order valence-corrected chi connectivity index (χ4v) is 2.02. The molecule has 1 aliphatic heterocycles. The largest absolute Gasteiger partial charge is 0.422 e. The van der Waals surface area contributed by atoms with Gasteiger partial charge in [0.15, 0.2) is 5.76 Å². The molecule has 2 aromatic rings. The van der Waals surface area contributed by atoms with Gasteiger partial charge in [-0.1, -0.05) is 0 Å². The number of ether oxygens (including phenoxy) is 1. The van der Waals surface area contributed by atoms with Crippen molar-refractivity contribution in [3.63, 3.8) is 0 Å². The molecule has 0 radical (unpaired) electrons. The molecule has 3 rings (SSSR count). The van der Waals surface area contributed by atoms with Crippen molar-refractivity contribution in [2.24, 2.45) is 0 Å². The molecule has 3 heterocycles. The summed E-state index contributed by atoms with van der Waals surface area (Å²) in [6.07, 6.45) is 6.04. The molecule has 0 aliphatic carbocycles. The number of H-pyrrole nitrogens is 1. The highest BCUT2D eigenvalue weighted by Crippen LogP contribution is 2.23. The van der Waals surface area contributed by atoms with Gasteiger partial charge in [0.2, 0.25) is 0 Å². The Morgan fingerprint density at radius 1 is 1.47 bits per heavy atom. The van der Waals surface area contributed by atoms with Gasteiger partial charge >= 0.3 is 6.09 Å². The number of fused-ring (bicyclic) bond motifs is 1. The van der Waals surface area contributed by atoms with E-state index in [1.165, 1.54) is 0 Å². The number of rotatable bonds is 2. The summed E-state index contributed by atoms with van der Waals surface area (Å²) in [5.41, 5.74) is 1.67. The molecule has 2 amide bonds. The van der Waals surface area contributed by atoms with Gasteiger partial charge in [-0.3, -0.25) is 9.78 Å². The van der Waals surface area contributed by atoms with Crippen molar-refractivity contribution in [1.29, 1.82) is 0 Å². The number of carbonyl (C=O) groups is 2. The number of nitrogens with one attached hydrogen (secondary N) is 1. The van der Waals surface area contributed by atoms with Crippen LogP contribution in [-0.2, 0) is 9.53 Å². The van der Waals surface area contributed by atoms with Crippen LogP contribution >= 0.6 is 0 Å². The van der Waals surface area contributed by atoms with Gasteiger partial charge in [0.1, 0.15) is 0 Å². The molecule has 1 aliphatic rings. The third-order valence-electron chi connectivity index (χ3n) is 2.99. The zero-order valence-electron chi connectivity index (χ0n) is 10.2. The quantitative estimate of drug-likeness (QED) is 0.834. The maximum absolute atomic E-state index is 11.9. The van der Waals surface area contributed by atoms with Crippen molar-refractivity contribution in [2.75, 3.05) is 6.54 Å². The van der Waals surface area contributed by atoms with Crippen LogP contribution in [0.5, 0.6) is 0 Å². The van der Waals surface area contributed by atoms with E-state index in [1.807, 2.05) is 6.07 Å². The average molecular weight is 257 g/mol. The molecule has 1 saturated heterocycles. The predicted octanol–water partition coefficient (Wildman–Crippen LogP) is 1.90. The highest BCUT2D eigenvalue weighted by atomic mass is 16.6. The zero-order valence-corrected chi connectivity index (χ0v) is 10.2. The van der Waals surface area contributed by atoms with Crippen molar-refractivity contribution in [3.8, 4) is 0 Å². The molecule has 96 valence electrons. The molecule has 0 unspecified atom stereocenters. The summed E-state index contributed by atoms with van der Waals surface area (Å²) in [4.78, 5) is 31.5. The molecule has 0 bridgehead atoms. The number of amides is 2. The molecule has 0 atom stereocenters. The predicted molar refractivity (Wildman–Crippen MR) is 67.9 cm³/mol. The lowest BCUT2D eigenvalue weighted by Crippen LogP contribution is -2.28. The number of likely N-dealkylation sites (N-methyl/N-ethyl adjacent to an activating group) is 1. The minimum atomic E-state index is -0.628. The molecule has 6 nitrogen and oxygen atoms in total. The van der Waals surface area contributed by atoms with Gasteiger partial charge in [0.05, 0.1) is 0 Å². The van der Waals surface area contributed by atoms with E-state index in [2.05, 4.69) is 9.97 Å². The van der Waals surface area contributed by atoms with Crippen molar-refractivity contribution < 1.29 is 14.3 Å². The second-order valence-corrected chi connectivity index (χ2v) is 4.09. The Morgan fingerprint density at radius 3 is 3.05 bits per heavy atom. The molecule has 6 heteroatoms. The van der Waals surface area contributed by atoms with Crippen LogP contribution < -0.4 is 0 Å². The van der Waals surface area contributed by atoms with E-state index in [4.69, 9.17) is 4.74 Å². The Balaban J connectivity index is 2.03. The molecule has 0 aromatic carbocycles. The first kappa shape index (κ1) is 11.5. The molecular formula is C13H11N3O3. The Morgan fingerprint density at radius 2 is 2.32 bits per heavy atom. The lowest BCUT2D eigenvalue weighted by Gasteiger charge is -2.03. The normalized spacial score (nSPS) is 17.5. The second kappa shape index (κ2) is 4.24. The van der Waals surface area contributed by atoms with Crippen LogP contribution in [-0.4, -0.2) is 33.4 Å². The summed E-state index contributed by atoms with van der Waals surface area (Å²) in [6, 6.07) is 1.83. The van der Waals surface area contributed by atoms with E-state index in [1.54, 1.807) is 31.6 Å². The lowest BCUT2D eigenvalue weighted by atomic mass is 10.2. The van der Waals surface area contributed by atoms with Crippen LogP contribution in [0.1, 0.15) is 12.5 Å². The Hall–Kier alpha value is -2.63. The number of aromatic nitrogens is 2. The molecule has 0 saturated carbocycles. The maximum atomic E-state index is 11.9. The van der Waals surface area contributed by atoms with Crippen LogP contribution in [0.25, 0.3) is 17.0 Å². The van der Waals surface area contributed by atoms with Crippen LogP contribution in [0.4, 0.5) is 4.79 Å². The fraction of sp³-hybridized carbons (Fsp3) is 0.154. The molecule has 1 fully saturated rings. The first-order chi connectivity index (χ1) is 9.20. The Kier molecular flexibility index (Phi) is 2.56. The van der Waals surface area contributed by atoms with Crippen molar-refractivity contribution in [2.45, 2.75) is 6.92 Å². The SMILES string of the molecule is CCN1C(=O)O/C(=C\c2c[nH]c3ccncc23)C1=O. The molecule has 0 spiro atoms. The monoisotopic (exact) mass is 257 g/mol. The van der Waals surface area contributed by atoms with Gasteiger partial charge in [-0.05, 0) is 19.1 Å². The second-order valence-electron chi connectivity index (χ2n) is 4.09. The molecule has 19 heavy (non-hydrogen) atoms. The summed E-state index contributed by atoms with van der Waals surface area (Å²) >= 11 is 0. The average Bonchev–Trinajstić information content (AvgIpc) is 2.93.